The second-order valence-corrected chi connectivity index (χ2v) is 4.01. The zero-order valence-electron chi connectivity index (χ0n) is 9.75. The quantitative estimate of drug-likeness (QED) is 0.571. The van der Waals surface area contributed by atoms with Crippen LogP contribution in [0.5, 0.6) is 5.75 Å². The van der Waals surface area contributed by atoms with Crippen molar-refractivity contribution in [2.45, 2.75) is 33.1 Å². The lowest BCUT2D eigenvalue weighted by Gasteiger charge is -2.17. The summed E-state index contributed by atoms with van der Waals surface area (Å²) in [5.41, 5.74) is -0.706. The third-order valence-electron chi connectivity index (χ3n) is 2.36. The Bertz CT molecular complexity index is 435. The lowest BCUT2D eigenvalue weighted by molar-refractivity contribution is -0.276. The van der Waals surface area contributed by atoms with Gasteiger partial charge in [-0.3, -0.25) is 0 Å². The monoisotopic (exact) mass is 272 g/mol. The van der Waals surface area contributed by atoms with Gasteiger partial charge in [0.25, 0.3) is 0 Å². The zero-order valence-corrected chi connectivity index (χ0v) is 9.75. The van der Waals surface area contributed by atoms with Crippen LogP contribution in [0.1, 0.15) is 30.9 Å². The highest BCUT2D eigenvalue weighted by Crippen LogP contribution is 2.36. The van der Waals surface area contributed by atoms with E-state index >= 15 is 0 Å². The molecule has 18 heavy (non-hydrogen) atoms. The van der Waals surface area contributed by atoms with Crippen molar-refractivity contribution in [2.24, 2.45) is 0 Å². The molecule has 0 saturated heterocycles. The Balaban J connectivity index is 3.49. The molecule has 0 amide bonds. The van der Waals surface area contributed by atoms with Gasteiger partial charge in [-0.1, -0.05) is 13.8 Å². The Morgan fingerprint density at radius 1 is 0.944 bits per heavy atom. The lowest BCUT2D eigenvalue weighted by Crippen LogP contribution is -2.20. The number of alkyl halides is 3. The van der Waals surface area contributed by atoms with Crippen molar-refractivity contribution in [3.63, 3.8) is 0 Å². The maximum Gasteiger partial charge on any atom is 0.573 e. The van der Waals surface area contributed by atoms with Gasteiger partial charge in [-0.2, -0.15) is 4.39 Å². The maximum absolute atomic E-state index is 13.6. The van der Waals surface area contributed by atoms with Gasteiger partial charge in [0, 0.05) is 0 Å². The van der Waals surface area contributed by atoms with E-state index in [-0.39, 0.29) is 5.56 Å². The van der Waals surface area contributed by atoms with Crippen LogP contribution in [0.25, 0.3) is 0 Å². The Morgan fingerprint density at radius 3 is 1.83 bits per heavy atom. The van der Waals surface area contributed by atoms with Crippen molar-refractivity contribution < 1.29 is 31.1 Å². The average molecular weight is 272 g/mol. The molecule has 1 nitrogen and oxygen atoms in total. The number of halogens is 6. The number of hydrogen-bond acceptors (Lipinski definition) is 1. The first kappa shape index (κ1) is 14.7. The zero-order chi connectivity index (χ0) is 14.2. The predicted molar refractivity (Wildman–Crippen MR) is 51.8 cm³/mol. The van der Waals surface area contributed by atoms with Crippen LogP contribution in [-0.4, -0.2) is 6.36 Å². The molecule has 102 valence electrons. The molecular weight excluding hydrogens is 262 g/mol. The molecule has 0 radical (unpaired) electrons. The molecule has 0 bridgehead atoms. The van der Waals surface area contributed by atoms with E-state index in [0.29, 0.717) is 0 Å². The van der Waals surface area contributed by atoms with Crippen LogP contribution in [0.15, 0.2) is 0 Å². The van der Waals surface area contributed by atoms with Gasteiger partial charge in [0.15, 0.2) is 11.6 Å². The van der Waals surface area contributed by atoms with Gasteiger partial charge in [0.2, 0.25) is 11.6 Å². The first-order valence-electron chi connectivity index (χ1n) is 4.99. The number of rotatable bonds is 2. The average Bonchev–Trinajstić information content (AvgIpc) is 2.20. The molecule has 0 unspecified atom stereocenters. The van der Waals surface area contributed by atoms with Crippen LogP contribution in [0.4, 0.5) is 26.3 Å². The molecule has 0 fully saturated rings. The second kappa shape index (κ2) is 4.70. The number of ether oxygens (including phenoxy) is 1. The fraction of sp³-hybridized carbons (Fsp3) is 0.455. The molecule has 0 atom stereocenters. The summed E-state index contributed by atoms with van der Waals surface area (Å²) in [6, 6.07) is 0. The molecule has 7 heteroatoms. The molecule has 1 aromatic carbocycles. The van der Waals surface area contributed by atoms with Crippen LogP contribution < -0.4 is 4.74 Å². The van der Waals surface area contributed by atoms with Gasteiger partial charge in [-0.15, -0.1) is 13.2 Å². The molecule has 0 aliphatic heterocycles. The van der Waals surface area contributed by atoms with Crippen LogP contribution >= 0.6 is 0 Å². The second-order valence-electron chi connectivity index (χ2n) is 4.01. The Hall–Kier alpha value is -1.40. The molecule has 0 aromatic heterocycles. The standard InChI is InChI=1S/C11H10F6O/c1-4(2)6-5(3)7(12)10(9(14)8(6)13)18-11(15,16)17/h4H,1-3H3. The topological polar surface area (TPSA) is 9.23 Å². The maximum atomic E-state index is 13.6. The normalized spacial score (nSPS) is 12.1. The lowest BCUT2D eigenvalue weighted by atomic mass is 9.96. The Morgan fingerprint density at radius 2 is 1.44 bits per heavy atom. The summed E-state index contributed by atoms with van der Waals surface area (Å²) in [7, 11) is 0. The third kappa shape index (κ3) is 2.70. The molecule has 0 saturated carbocycles. The van der Waals surface area contributed by atoms with Gasteiger partial charge in [-0.05, 0) is 24.0 Å². The molecule has 0 N–H and O–H groups in total. The van der Waals surface area contributed by atoms with E-state index in [1.165, 1.54) is 13.8 Å². The van der Waals surface area contributed by atoms with Crippen molar-refractivity contribution in [3.05, 3.63) is 28.6 Å². The summed E-state index contributed by atoms with van der Waals surface area (Å²) in [6.45, 7) is 4.00. The molecule has 1 aromatic rings. The van der Waals surface area contributed by atoms with Gasteiger partial charge in [0.05, 0.1) is 0 Å². The SMILES string of the molecule is Cc1c(F)c(OC(F)(F)F)c(F)c(F)c1C(C)C. The minimum Gasteiger partial charge on any atom is -0.399 e. The van der Waals surface area contributed by atoms with Crippen LogP contribution in [0.2, 0.25) is 0 Å². The van der Waals surface area contributed by atoms with Gasteiger partial charge in [0.1, 0.15) is 0 Å². The highest BCUT2D eigenvalue weighted by Gasteiger charge is 2.36. The van der Waals surface area contributed by atoms with Crippen molar-refractivity contribution in [1.29, 1.82) is 0 Å². The highest BCUT2D eigenvalue weighted by atomic mass is 19.4. The Kier molecular flexibility index (Phi) is 3.83. The number of benzene rings is 1. The Labute approximate surface area is 99.4 Å². The molecule has 1 rings (SSSR count). The molecule has 0 aliphatic rings. The fourth-order valence-corrected chi connectivity index (χ4v) is 1.66. The summed E-state index contributed by atoms with van der Waals surface area (Å²) in [4.78, 5) is 0. The van der Waals surface area contributed by atoms with Crippen LogP contribution in [0.3, 0.4) is 0 Å². The summed E-state index contributed by atoms with van der Waals surface area (Å²) < 4.78 is 79.5. The summed E-state index contributed by atoms with van der Waals surface area (Å²) in [5, 5.41) is 0. The smallest absolute Gasteiger partial charge is 0.399 e. The summed E-state index contributed by atoms with van der Waals surface area (Å²) in [5.74, 6) is -7.38. The molecule has 0 aliphatic carbocycles. The fourth-order valence-electron chi connectivity index (χ4n) is 1.66. The van der Waals surface area contributed by atoms with Gasteiger partial charge < -0.3 is 4.74 Å². The van der Waals surface area contributed by atoms with Gasteiger partial charge >= 0.3 is 6.36 Å². The molecular formula is C11H10F6O. The molecule has 0 spiro atoms. The van der Waals surface area contributed by atoms with Crippen molar-refractivity contribution in [3.8, 4) is 5.75 Å². The first-order valence-corrected chi connectivity index (χ1v) is 4.99. The number of hydrogen-bond donors (Lipinski definition) is 0. The summed E-state index contributed by atoms with van der Waals surface area (Å²) >= 11 is 0. The van der Waals surface area contributed by atoms with Crippen molar-refractivity contribution in [2.75, 3.05) is 0 Å². The van der Waals surface area contributed by atoms with Crippen molar-refractivity contribution >= 4 is 0 Å². The van der Waals surface area contributed by atoms with Crippen LogP contribution in [-0.2, 0) is 0 Å². The van der Waals surface area contributed by atoms with E-state index in [1.807, 2.05) is 0 Å². The van der Waals surface area contributed by atoms with E-state index in [9.17, 15) is 26.3 Å². The van der Waals surface area contributed by atoms with Gasteiger partial charge in [-0.25, -0.2) is 8.78 Å². The van der Waals surface area contributed by atoms with E-state index in [0.717, 1.165) is 6.92 Å². The summed E-state index contributed by atoms with van der Waals surface area (Å²) in [6.07, 6.45) is -5.29. The third-order valence-corrected chi connectivity index (χ3v) is 2.36. The predicted octanol–water partition coefficient (Wildman–Crippen LogP) is 4.43. The molecule has 0 heterocycles. The minimum atomic E-state index is -5.29. The van der Waals surface area contributed by atoms with Crippen molar-refractivity contribution in [1.82, 2.24) is 0 Å². The van der Waals surface area contributed by atoms with Crippen LogP contribution in [0, 0.1) is 24.4 Å². The van der Waals surface area contributed by atoms with E-state index in [4.69, 9.17) is 0 Å². The largest absolute Gasteiger partial charge is 0.573 e. The van der Waals surface area contributed by atoms with E-state index in [2.05, 4.69) is 4.74 Å². The minimum absolute atomic E-state index is 0.306. The highest BCUT2D eigenvalue weighted by molar-refractivity contribution is 5.41. The van der Waals surface area contributed by atoms with E-state index in [1.54, 1.807) is 0 Å². The van der Waals surface area contributed by atoms with E-state index < -0.39 is 41.0 Å². The first-order chi connectivity index (χ1) is 8.06.